The van der Waals surface area contributed by atoms with Gasteiger partial charge in [-0.15, -0.1) is 0 Å². The predicted octanol–water partition coefficient (Wildman–Crippen LogP) is 3.23. The third kappa shape index (κ3) is 4.33. The molecule has 6 nitrogen and oxygen atoms in total. The summed E-state index contributed by atoms with van der Waals surface area (Å²) in [6.07, 6.45) is 5.46. The van der Waals surface area contributed by atoms with Crippen molar-refractivity contribution in [3.63, 3.8) is 0 Å². The SMILES string of the molecule is Cc1nc(NCc2ccc(C(=O)N3CCCCC3)cc2)cc(C2CC(N)C2)n1. The van der Waals surface area contributed by atoms with Crippen LogP contribution in [0.25, 0.3) is 0 Å². The fourth-order valence-corrected chi connectivity index (χ4v) is 4.03. The topological polar surface area (TPSA) is 84.1 Å². The second-order valence-corrected chi connectivity index (χ2v) is 8.06. The Morgan fingerprint density at radius 1 is 1.14 bits per heavy atom. The van der Waals surface area contributed by atoms with Crippen molar-refractivity contribution < 1.29 is 4.79 Å². The Morgan fingerprint density at radius 3 is 2.54 bits per heavy atom. The van der Waals surface area contributed by atoms with E-state index in [4.69, 9.17) is 5.73 Å². The summed E-state index contributed by atoms with van der Waals surface area (Å²) < 4.78 is 0. The Balaban J connectivity index is 1.36. The van der Waals surface area contributed by atoms with E-state index in [0.29, 0.717) is 18.5 Å². The first-order chi connectivity index (χ1) is 13.6. The van der Waals surface area contributed by atoms with Gasteiger partial charge in [0.2, 0.25) is 0 Å². The van der Waals surface area contributed by atoms with E-state index in [1.165, 1.54) is 6.42 Å². The number of hydrogen-bond donors (Lipinski definition) is 2. The highest BCUT2D eigenvalue weighted by atomic mass is 16.2. The van der Waals surface area contributed by atoms with Crippen LogP contribution >= 0.6 is 0 Å². The van der Waals surface area contributed by atoms with Crippen molar-refractivity contribution in [3.8, 4) is 0 Å². The minimum absolute atomic E-state index is 0.147. The van der Waals surface area contributed by atoms with Crippen LogP contribution in [0.15, 0.2) is 30.3 Å². The van der Waals surface area contributed by atoms with Crippen LogP contribution in [0.5, 0.6) is 0 Å². The Kier molecular flexibility index (Phi) is 5.57. The Morgan fingerprint density at radius 2 is 1.86 bits per heavy atom. The molecule has 0 spiro atoms. The van der Waals surface area contributed by atoms with Gasteiger partial charge in [-0.25, -0.2) is 9.97 Å². The molecule has 2 fully saturated rings. The van der Waals surface area contributed by atoms with Crippen LogP contribution in [0.1, 0.15) is 65.5 Å². The summed E-state index contributed by atoms with van der Waals surface area (Å²) in [5.74, 6) is 2.23. The molecule has 1 saturated carbocycles. The van der Waals surface area contributed by atoms with Gasteiger partial charge in [-0.1, -0.05) is 12.1 Å². The molecule has 1 amide bonds. The number of carbonyl (C=O) groups is 1. The molecule has 1 saturated heterocycles. The number of carbonyl (C=O) groups excluding carboxylic acids is 1. The van der Waals surface area contributed by atoms with E-state index >= 15 is 0 Å². The van der Waals surface area contributed by atoms with Crippen molar-refractivity contribution >= 4 is 11.7 Å². The monoisotopic (exact) mass is 379 g/mol. The number of aryl methyl sites for hydroxylation is 1. The van der Waals surface area contributed by atoms with Crippen LogP contribution < -0.4 is 11.1 Å². The number of piperidine rings is 1. The molecule has 2 heterocycles. The zero-order valence-corrected chi connectivity index (χ0v) is 16.5. The van der Waals surface area contributed by atoms with Crippen LogP contribution in [-0.4, -0.2) is 39.9 Å². The molecule has 28 heavy (non-hydrogen) atoms. The van der Waals surface area contributed by atoms with E-state index in [1.54, 1.807) is 0 Å². The van der Waals surface area contributed by atoms with Gasteiger partial charge >= 0.3 is 0 Å². The third-order valence-corrected chi connectivity index (χ3v) is 5.77. The fraction of sp³-hybridized carbons (Fsp3) is 0.500. The number of anilines is 1. The quantitative estimate of drug-likeness (QED) is 0.833. The third-order valence-electron chi connectivity index (χ3n) is 5.77. The minimum Gasteiger partial charge on any atom is -0.366 e. The average Bonchev–Trinajstić information content (AvgIpc) is 2.70. The molecule has 0 bridgehead atoms. The molecule has 1 aromatic heterocycles. The molecule has 2 aliphatic rings. The molecule has 148 valence electrons. The number of nitrogens with two attached hydrogens (primary N) is 1. The van der Waals surface area contributed by atoms with E-state index in [1.807, 2.05) is 42.2 Å². The summed E-state index contributed by atoms with van der Waals surface area (Å²) in [5.41, 5.74) is 8.89. The summed E-state index contributed by atoms with van der Waals surface area (Å²) in [4.78, 5) is 23.6. The molecule has 6 heteroatoms. The summed E-state index contributed by atoms with van der Waals surface area (Å²) in [6, 6.07) is 10.2. The number of benzene rings is 1. The highest BCUT2D eigenvalue weighted by molar-refractivity contribution is 5.94. The Bertz CT molecular complexity index is 823. The maximum absolute atomic E-state index is 12.6. The fourth-order valence-electron chi connectivity index (χ4n) is 4.03. The van der Waals surface area contributed by atoms with Gasteiger partial charge in [0, 0.05) is 48.9 Å². The summed E-state index contributed by atoms with van der Waals surface area (Å²) >= 11 is 0. The zero-order chi connectivity index (χ0) is 19.5. The first-order valence-corrected chi connectivity index (χ1v) is 10.3. The molecule has 0 atom stereocenters. The molecule has 3 N–H and O–H groups in total. The molecule has 0 unspecified atom stereocenters. The molecule has 1 aliphatic heterocycles. The molecule has 2 aromatic rings. The lowest BCUT2D eigenvalue weighted by Crippen LogP contribution is -2.35. The number of rotatable bonds is 5. The number of hydrogen-bond acceptors (Lipinski definition) is 5. The van der Waals surface area contributed by atoms with Crippen LogP contribution in [-0.2, 0) is 6.54 Å². The number of aromatic nitrogens is 2. The Labute approximate surface area is 166 Å². The van der Waals surface area contributed by atoms with Gasteiger partial charge in [0.1, 0.15) is 11.6 Å². The van der Waals surface area contributed by atoms with E-state index < -0.39 is 0 Å². The van der Waals surface area contributed by atoms with Crippen molar-refractivity contribution in [1.29, 1.82) is 0 Å². The highest BCUT2D eigenvalue weighted by Gasteiger charge is 2.29. The first kappa shape index (κ1) is 18.9. The number of nitrogens with one attached hydrogen (secondary N) is 1. The number of likely N-dealkylation sites (tertiary alicyclic amines) is 1. The van der Waals surface area contributed by atoms with Crippen molar-refractivity contribution in [2.45, 2.75) is 57.5 Å². The molecule has 4 rings (SSSR count). The van der Waals surface area contributed by atoms with Crippen LogP contribution in [0.3, 0.4) is 0 Å². The van der Waals surface area contributed by atoms with Crippen LogP contribution in [0, 0.1) is 6.92 Å². The van der Waals surface area contributed by atoms with Gasteiger partial charge in [0.15, 0.2) is 0 Å². The van der Waals surface area contributed by atoms with Crippen LogP contribution in [0.2, 0.25) is 0 Å². The second kappa shape index (κ2) is 8.27. The second-order valence-electron chi connectivity index (χ2n) is 8.06. The van der Waals surface area contributed by atoms with Gasteiger partial charge in [0.05, 0.1) is 0 Å². The maximum atomic E-state index is 12.6. The molecule has 1 aromatic carbocycles. The maximum Gasteiger partial charge on any atom is 0.253 e. The highest BCUT2D eigenvalue weighted by Crippen LogP contribution is 2.35. The smallest absolute Gasteiger partial charge is 0.253 e. The number of nitrogens with zero attached hydrogens (tertiary/aromatic N) is 3. The average molecular weight is 380 g/mol. The lowest BCUT2D eigenvalue weighted by molar-refractivity contribution is 0.0724. The summed E-state index contributed by atoms with van der Waals surface area (Å²) in [5, 5.41) is 3.39. The van der Waals surface area contributed by atoms with Gasteiger partial charge in [-0.3, -0.25) is 4.79 Å². The van der Waals surface area contributed by atoms with Crippen LogP contribution in [0.4, 0.5) is 5.82 Å². The largest absolute Gasteiger partial charge is 0.366 e. The standard InChI is InChI=1S/C22H29N5O/c1-15-25-20(18-11-19(23)12-18)13-21(26-15)24-14-16-5-7-17(8-6-16)22(28)27-9-3-2-4-10-27/h5-8,13,18-19H,2-4,9-12,14,23H2,1H3,(H,24,25,26). The van der Waals surface area contributed by atoms with Gasteiger partial charge < -0.3 is 16.0 Å². The lowest BCUT2D eigenvalue weighted by atomic mass is 9.78. The predicted molar refractivity (Wildman–Crippen MR) is 110 cm³/mol. The van der Waals surface area contributed by atoms with Crippen molar-refractivity contribution in [2.75, 3.05) is 18.4 Å². The van der Waals surface area contributed by atoms with Gasteiger partial charge in [0.25, 0.3) is 5.91 Å². The molecule has 0 radical (unpaired) electrons. The number of amides is 1. The molecular formula is C22H29N5O. The summed E-state index contributed by atoms with van der Waals surface area (Å²) in [6.45, 7) is 4.35. The zero-order valence-electron chi connectivity index (χ0n) is 16.5. The molecular weight excluding hydrogens is 350 g/mol. The minimum atomic E-state index is 0.147. The van der Waals surface area contributed by atoms with Gasteiger partial charge in [-0.2, -0.15) is 0 Å². The van der Waals surface area contributed by atoms with E-state index in [2.05, 4.69) is 15.3 Å². The van der Waals surface area contributed by atoms with Crippen molar-refractivity contribution in [3.05, 3.63) is 53.0 Å². The first-order valence-electron chi connectivity index (χ1n) is 10.3. The van der Waals surface area contributed by atoms with Crippen molar-refractivity contribution in [2.24, 2.45) is 5.73 Å². The van der Waals surface area contributed by atoms with Crippen molar-refractivity contribution in [1.82, 2.24) is 14.9 Å². The van der Waals surface area contributed by atoms with Gasteiger partial charge in [-0.05, 0) is 56.7 Å². The Hall–Kier alpha value is -2.47. The molecule has 1 aliphatic carbocycles. The normalized spacial score (nSPS) is 21.9. The van der Waals surface area contributed by atoms with E-state index in [-0.39, 0.29) is 5.91 Å². The summed E-state index contributed by atoms with van der Waals surface area (Å²) in [7, 11) is 0. The van der Waals surface area contributed by atoms with E-state index in [0.717, 1.165) is 67.2 Å². The lowest BCUT2D eigenvalue weighted by Gasteiger charge is -2.32. The van der Waals surface area contributed by atoms with E-state index in [9.17, 15) is 4.79 Å².